The molecule has 0 bridgehead atoms. The number of aryl methyl sites for hydroxylation is 1. The van der Waals surface area contributed by atoms with E-state index in [1.807, 2.05) is 0 Å². The van der Waals surface area contributed by atoms with Crippen molar-refractivity contribution in [1.29, 1.82) is 0 Å². The zero-order valence-electron chi connectivity index (χ0n) is 16.7. The predicted octanol–water partition coefficient (Wildman–Crippen LogP) is 2.77. The monoisotopic (exact) mass is 379 g/mol. The van der Waals surface area contributed by atoms with Crippen molar-refractivity contribution in [1.82, 2.24) is 19.9 Å². The van der Waals surface area contributed by atoms with E-state index >= 15 is 0 Å². The van der Waals surface area contributed by atoms with Gasteiger partial charge in [-0.2, -0.15) is 0 Å². The van der Waals surface area contributed by atoms with Crippen molar-refractivity contribution < 1.29 is 0 Å². The summed E-state index contributed by atoms with van der Waals surface area (Å²) in [5.74, 6) is 4.85. The standard InChI is InChI=1S/C21H29N7/c1-16-13-20(25-21(24-16)17-5-6-17)28-11-9-27(10-12-28)19-14-18(22-15-23-19)26-7-3-2-4-8-26/h13-15,17H,2-12H2,1H3. The second-order valence-electron chi connectivity index (χ2n) is 8.26. The predicted molar refractivity (Wildman–Crippen MR) is 111 cm³/mol. The molecule has 0 radical (unpaired) electrons. The third-order valence-corrected chi connectivity index (χ3v) is 6.05. The Kier molecular flexibility index (Phi) is 4.74. The first-order valence-electron chi connectivity index (χ1n) is 10.7. The van der Waals surface area contributed by atoms with Crippen molar-refractivity contribution >= 4 is 17.5 Å². The van der Waals surface area contributed by atoms with Gasteiger partial charge in [-0.25, -0.2) is 19.9 Å². The minimum absolute atomic E-state index is 0.592. The fraction of sp³-hybridized carbons (Fsp3) is 0.619. The lowest BCUT2D eigenvalue weighted by molar-refractivity contribution is 0.572. The average Bonchev–Trinajstić information content (AvgIpc) is 3.60. The highest BCUT2D eigenvalue weighted by molar-refractivity contribution is 5.52. The van der Waals surface area contributed by atoms with Crippen molar-refractivity contribution in [3.8, 4) is 0 Å². The Morgan fingerprint density at radius 3 is 1.96 bits per heavy atom. The van der Waals surface area contributed by atoms with Crippen LogP contribution in [0.15, 0.2) is 18.5 Å². The third kappa shape index (κ3) is 3.75. The van der Waals surface area contributed by atoms with Crippen LogP contribution in [0, 0.1) is 6.92 Å². The van der Waals surface area contributed by atoms with Gasteiger partial charge in [0.25, 0.3) is 0 Å². The number of rotatable bonds is 4. The van der Waals surface area contributed by atoms with E-state index in [0.717, 1.165) is 68.2 Å². The van der Waals surface area contributed by atoms with E-state index in [9.17, 15) is 0 Å². The first-order valence-corrected chi connectivity index (χ1v) is 10.7. The Morgan fingerprint density at radius 1 is 0.714 bits per heavy atom. The van der Waals surface area contributed by atoms with Crippen LogP contribution in [0.3, 0.4) is 0 Å². The minimum atomic E-state index is 0.592. The summed E-state index contributed by atoms with van der Waals surface area (Å²) >= 11 is 0. The summed E-state index contributed by atoms with van der Waals surface area (Å²) in [5.41, 5.74) is 1.08. The molecule has 4 heterocycles. The number of piperidine rings is 1. The van der Waals surface area contributed by atoms with Gasteiger partial charge in [0.15, 0.2) is 0 Å². The maximum Gasteiger partial charge on any atom is 0.134 e. The molecule has 0 amide bonds. The molecule has 0 aromatic carbocycles. The third-order valence-electron chi connectivity index (χ3n) is 6.05. The van der Waals surface area contributed by atoms with Gasteiger partial charge in [0.1, 0.15) is 29.6 Å². The number of hydrogen-bond acceptors (Lipinski definition) is 7. The highest BCUT2D eigenvalue weighted by Crippen LogP contribution is 2.38. The van der Waals surface area contributed by atoms with Crippen molar-refractivity contribution in [2.24, 2.45) is 0 Å². The van der Waals surface area contributed by atoms with E-state index in [2.05, 4.69) is 48.7 Å². The van der Waals surface area contributed by atoms with E-state index in [4.69, 9.17) is 4.98 Å². The Morgan fingerprint density at radius 2 is 1.32 bits per heavy atom. The van der Waals surface area contributed by atoms with Crippen LogP contribution in [0.25, 0.3) is 0 Å². The Balaban J connectivity index is 1.26. The van der Waals surface area contributed by atoms with Gasteiger partial charge >= 0.3 is 0 Å². The lowest BCUT2D eigenvalue weighted by atomic mass is 10.1. The molecule has 148 valence electrons. The van der Waals surface area contributed by atoms with Crippen LogP contribution in [0.4, 0.5) is 17.5 Å². The van der Waals surface area contributed by atoms with Crippen LogP contribution in [0.5, 0.6) is 0 Å². The molecule has 1 aliphatic carbocycles. The zero-order chi connectivity index (χ0) is 18.9. The fourth-order valence-electron chi connectivity index (χ4n) is 4.23. The Hall–Kier alpha value is -2.44. The highest BCUT2D eigenvalue weighted by Gasteiger charge is 2.28. The van der Waals surface area contributed by atoms with Gasteiger partial charge < -0.3 is 14.7 Å². The molecule has 2 aromatic rings. The number of piperazine rings is 1. The van der Waals surface area contributed by atoms with Gasteiger partial charge in [-0.3, -0.25) is 0 Å². The second-order valence-corrected chi connectivity index (χ2v) is 8.26. The average molecular weight is 380 g/mol. The molecule has 2 saturated heterocycles. The lowest BCUT2D eigenvalue weighted by Crippen LogP contribution is -2.47. The first-order chi connectivity index (χ1) is 13.8. The van der Waals surface area contributed by atoms with E-state index in [1.54, 1.807) is 6.33 Å². The topological polar surface area (TPSA) is 61.3 Å². The Bertz CT molecular complexity index is 821. The minimum Gasteiger partial charge on any atom is -0.356 e. The summed E-state index contributed by atoms with van der Waals surface area (Å²) in [7, 11) is 0. The number of nitrogens with zero attached hydrogens (tertiary/aromatic N) is 7. The number of hydrogen-bond donors (Lipinski definition) is 0. The molecule has 5 rings (SSSR count). The molecule has 3 fully saturated rings. The second kappa shape index (κ2) is 7.53. The zero-order valence-corrected chi connectivity index (χ0v) is 16.7. The summed E-state index contributed by atoms with van der Waals surface area (Å²) in [4.78, 5) is 25.7. The number of anilines is 3. The molecule has 2 aliphatic heterocycles. The van der Waals surface area contributed by atoms with Crippen molar-refractivity contribution in [2.75, 3.05) is 54.0 Å². The Labute approximate surface area is 166 Å². The SMILES string of the molecule is Cc1cc(N2CCN(c3cc(N4CCCCC4)ncn3)CC2)nc(C2CC2)n1. The molecule has 0 unspecified atom stereocenters. The van der Waals surface area contributed by atoms with Gasteiger partial charge in [-0.05, 0) is 39.0 Å². The first kappa shape index (κ1) is 17.6. The van der Waals surface area contributed by atoms with Gasteiger partial charge in [0, 0.05) is 63.0 Å². The molecular formula is C21H29N7. The van der Waals surface area contributed by atoms with Gasteiger partial charge in [0.05, 0.1) is 0 Å². The molecule has 7 heteroatoms. The van der Waals surface area contributed by atoms with Crippen LogP contribution in [0.1, 0.15) is 49.5 Å². The van der Waals surface area contributed by atoms with E-state index in [1.165, 1.54) is 32.1 Å². The molecule has 3 aliphatic rings. The molecular weight excluding hydrogens is 350 g/mol. The van der Waals surface area contributed by atoms with Crippen LogP contribution in [0.2, 0.25) is 0 Å². The lowest BCUT2D eigenvalue weighted by Gasteiger charge is -2.36. The summed E-state index contributed by atoms with van der Waals surface area (Å²) in [6, 6.07) is 4.29. The van der Waals surface area contributed by atoms with E-state index in [0.29, 0.717) is 5.92 Å². The smallest absolute Gasteiger partial charge is 0.134 e. The van der Waals surface area contributed by atoms with Crippen LogP contribution >= 0.6 is 0 Å². The molecule has 0 atom stereocenters. The van der Waals surface area contributed by atoms with Crippen molar-refractivity contribution in [3.63, 3.8) is 0 Å². The highest BCUT2D eigenvalue weighted by atomic mass is 15.3. The van der Waals surface area contributed by atoms with E-state index in [-0.39, 0.29) is 0 Å². The van der Waals surface area contributed by atoms with Crippen LogP contribution in [-0.2, 0) is 0 Å². The quantitative estimate of drug-likeness (QED) is 0.809. The van der Waals surface area contributed by atoms with Crippen molar-refractivity contribution in [2.45, 2.75) is 44.9 Å². The largest absolute Gasteiger partial charge is 0.356 e. The van der Waals surface area contributed by atoms with Gasteiger partial charge in [-0.15, -0.1) is 0 Å². The maximum atomic E-state index is 4.86. The van der Waals surface area contributed by atoms with Crippen LogP contribution < -0.4 is 14.7 Å². The molecule has 7 nitrogen and oxygen atoms in total. The molecule has 0 spiro atoms. The van der Waals surface area contributed by atoms with Crippen molar-refractivity contribution in [3.05, 3.63) is 30.0 Å². The van der Waals surface area contributed by atoms with Gasteiger partial charge in [0.2, 0.25) is 0 Å². The summed E-state index contributed by atoms with van der Waals surface area (Å²) in [6.45, 7) is 8.14. The maximum absolute atomic E-state index is 4.86. The molecule has 2 aromatic heterocycles. The molecule has 28 heavy (non-hydrogen) atoms. The summed E-state index contributed by atoms with van der Waals surface area (Å²) < 4.78 is 0. The summed E-state index contributed by atoms with van der Waals surface area (Å²) in [5, 5.41) is 0. The normalized spacial score (nSPS) is 20.5. The van der Waals surface area contributed by atoms with Gasteiger partial charge in [-0.1, -0.05) is 0 Å². The van der Waals surface area contributed by atoms with Crippen LogP contribution in [-0.4, -0.2) is 59.2 Å². The number of aromatic nitrogens is 4. The summed E-state index contributed by atoms with van der Waals surface area (Å²) in [6.07, 6.45) is 8.06. The molecule has 1 saturated carbocycles. The van der Waals surface area contributed by atoms with E-state index < -0.39 is 0 Å². The molecule has 0 N–H and O–H groups in total. The fourth-order valence-corrected chi connectivity index (χ4v) is 4.23.